The molecule has 2 amide bonds. The molecule has 0 saturated carbocycles. The van der Waals surface area contributed by atoms with Crippen molar-refractivity contribution in [1.82, 2.24) is 19.2 Å². The predicted molar refractivity (Wildman–Crippen MR) is 146 cm³/mol. The van der Waals surface area contributed by atoms with Gasteiger partial charge < -0.3 is 15.0 Å². The number of primary amides is 1. The molecule has 1 saturated heterocycles. The first-order valence-electron chi connectivity index (χ1n) is 12.8. The van der Waals surface area contributed by atoms with Crippen LogP contribution in [-0.4, -0.2) is 57.2 Å². The van der Waals surface area contributed by atoms with Crippen LogP contribution < -0.4 is 5.73 Å². The SMILES string of the molecule is CC(=O)N1CCCN(Cc2c(-c3ccc(C(N)=O)cc3)nc3ccc(-c4ccc(C)c(C)c4)cn23)CC1. The van der Waals surface area contributed by atoms with Gasteiger partial charge in [0.15, 0.2) is 0 Å². The minimum absolute atomic E-state index is 0.130. The topological polar surface area (TPSA) is 83.9 Å². The highest BCUT2D eigenvalue weighted by Crippen LogP contribution is 2.29. The molecule has 37 heavy (non-hydrogen) atoms. The van der Waals surface area contributed by atoms with Crippen molar-refractivity contribution in [1.29, 1.82) is 0 Å². The van der Waals surface area contributed by atoms with Gasteiger partial charge in [-0.3, -0.25) is 14.5 Å². The lowest BCUT2D eigenvalue weighted by Crippen LogP contribution is -2.33. The average Bonchev–Trinajstić information content (AvgIpc) is 3.06. The van der Waals surface area contributed by atoms with Gasteiger partial charge in [-0.05, 0) is 66.8 Å². The normalized spacial score (nSPS) is 14.6. The molecule has 190 valence electrons. The third kappa shape index (κ3) is 5.13. The highest BCUT2D eigenvalue weighted by atomic mass is 16.2. The lowest BCUT2D eigenvalue weighted by molar-refractivity contribution is -0.128. The number of fused-ring (bicyclic) bond motifs is 1. The van der Waals surface area contributed by atoms with Gasteiger partial charge in [-0.2, -0.15) is 0 Å². The monoisotopic (exact) mass is 495 g/mol. The van der Waals surface area contributed by atoms with E-state index in [-0.39, 0.29) is 5.91 Å². The molecular formula is C30H33N5O2. The van der Waals surface area contributed by atoms with Crippen LogP contribution >= 0.6 is 0 Å². The summed E-state index contributed by atoms with van der Waals surface area (Å²) in [6.07, 6.45) is 3.11. The number of nitrogens with zero attached hydrogens (tertiary/aromatic N) is 4. The second kappa shape index (κ2) is 10.2. The van der Waals surface area contributed by atoms with Gasteiger partial charge in [-0.25, -0.2) is 4.98 Å². The summed E-state index contributed by atoms with van der Waals surface area (Å²) >= 11 is 0. The highest BCUT2D eigenvalue weighted by molar-refractivity contribution is 5.93. The van der Waals surface area contributed by atoms with Gasteiger partial charge in [-0.15, -0.1) is 0 Å². The van der Waals surface area contributed by atoms with E-state index >= 15 is 0 Å². The van der Waals surface area contributed by atoms with Crippen LogP contribution in [0.3, 0.4) is 0 Å². The Bertz CT molecular complexity index is 1470. The third-order valence-corrected chi connectivity index (χ3v) is 7.41. The Morgan fingerprint density at radius 2 is 1.59 bits per heavy atom. The molecule has 3 heterocycles. The van der Waals surface area contributed by atoms with Crippen LogP contribution in [0.1, 0.15) is 40.5 Å². The number of hydrogen-bond donors (Lipinski definition) is 1. The number of carbonyl (C=O) groups excluding carboxylic acids is 2. The Balaban J connectivity index is 1.58. The number of benzene rings is 2. The highest BCUT2D eigenvalue weighted by Gasteiger charge is 2.21. The van der Waals surface area contributed by atoms with Gasteiger partial charge in [0.2, 0.25) is 11.8 Å². The Kier molecular flexibility index (Phi) is 6.80. The Morgan fingerprint density at radius 3 is 2.30 bits per heavy atom. The molecule has 0 bridgehead atoms. The molecule has 1 aliphatic rings. The summed E-state index contributed by atoms with van der Waals surface area (Å²) in [5.74, 6) is -0.315. The van der Waals surface area contributed by atoms with Gasteiger partial charge in [0, 0.05) is 57.0 Å². The summed E-state index contributed by atoms with van der Waals surface area (Å²) in [4.78, 5) is 32.9. The van der Waals surface area contributed by atoms with Crippen molar-refractivity contribution in [2.75, 3.05) is 26.2 Å². The maximum atomic E-state index is 11.9. The van der Waals surface area contributed by atoms with Crippen LogP contribution in [0.25, 0.3) is 28.0 Å². The molecule has 7 nitrogen and oxygen atoms in total. The number of imidazole rings is 1. The summed E-state index contributed by atoms with van der Waals surface area (Å²) in [5, 5.41) is 0. The Hall–Kier alpha value is -3.97. The second-order valence-electron chi connectivity index (χ2n) is 9.93. The summed E-state index contributed by atoms with van der Waals surface area (Å²) in [5.41, 5.74) is 14.6. The Morgan fingerprint density at radius 1 is 0.865 bits per heavy atom. The lowest BCUT2D eigenvalue weighted by Gasteiger charge is -2.21. The third-order valence-electron chi connectivity index (χ3n) is 7.41. The molecule has 0 radical (unpaired) electrons. The Labute approximate surface area is 217 Å². The van der Waals surface area contributed by atoms with Gasteiger partial charge >= 0.3 is 0 Å². The van der Waals surface area contributed by atoms with Crippen LogP contribution in [0.15, 0.2) is 60.8 Å². The van der Waals surface area contributed by atoms with Crippen molar-refractivity contribution < 1.29 is 9.59 Å². The summed E-state index contributed by atoms with van der Waals surface area (Å²) in [6, 6.07) is 18.1. The molecule has 7 heteroatoms. The number of aromatic nitrogens is 2. The second-order valence-corrected chi connectivity index (χ2v) is 9.93. The van der Waals surface area contributed by atoms with Crippen LogP contribution in [0.2, 0.25) is 0 Å². The van der Waals surface area contributed by atoms with E-state index in [2.05, 4.69) is 59.7 Å². The predicted octanol–water partition coefficient (Wildman–Crippen LogP) is 4.44. The van der Waals surface area contributed by atoms with Crippen molar-refractivity contribution in [2.45, 2.75) is 33.7 Å². The zero-order chi connectivity index (χ0) is 26.1. The van der Waals surface area contributed by atoms with Gasteiger partial charge in [-0.1, -0.05) is 30.3 Å². The minimum atomic E-state index is -0.445. The maximum Gasteiger partial charge on any atom is 0.248 e. The van der Waals surface area contributed by atoms with Crippen molar-refractivity contribution in [3.8, 4) is 22.4 Å². The van der Waals surface area contributed by atoms with Crippen LogP contribution in [-0.2, 0) is 11.3 Å². The molecule has 2 aromatic heterocycles. The zero-order valence-corrected chi connectivity index (χ0v) is 21.7. The van der Waals surface area contributed by atoms with E-state index < -0.39 is 5.91 Å². The van der Waals surface area contributed by atoms with Crippen molar-refractivity contribution >= 4 is 17.5 Å². The van der Waals surface area contributed by atoms with E-state index in [0.717, 1.165) is 60.8 Å². The molecular weight excluding hydrogens is 462 g/mol. The van der Waals surface area contributed by atoms with E-state index in [9.17, 15) is 9.59 Å². The van der Waals surface area contributed by atoms with E-state index in [1.165, 1.54) is 16.7 Å². The van der Waals surface area contributed by atoms with Crippen molar-refractivity contribution in [3.63, 3.8) is 0 Å². The molecule has 5 rings (SSSR count). The molecule has 2 N–H and O–H groups in total. The molecule has 0 spiro atoms. The fourth-order valence-electron chi connectivity index (χ4n) is 5.02. The molecule has 1 fully saturated rings. The van der Waals surface area contributed by atoms with E-state index in [1.54, 1.807) is 19.1 Å². The molecule has 0 unspecified atom stereocenters. The van der Waals surface area contributed by atoms with Gasteiger partial charge in [0.25, 0.3) is 0 Å². The number of hydrogen-bond acceptors (Lipinski definition) is 4. The number of rotatable bonds is 5. The summed E-state index contributed by atoms with van der Waals surface area (Å²) in [6.45, 7) is 9.84. The van der Waals surface area contributed by atoms with E-state index in [1.807, 2.05) is 17.0 Å². The van der Waals surface area contributed by atoms with Crippen molar-refractivity contribution in [2.24, 2.45) is 5.73 Å². The minimum Gasteiger partial charge on any atom is -0.366 e. The van der Waals surface area contributed by atoms with Gasteiger partial charge in [0.05, 0.1) is 11.4 Å². The van der Waals surface area contributed by atoms with Crippen LogP contribution in [0.4, 0.5) is 0 Å². The first kappa shape index (κ1) is 24.7. The number of carbonyl (C=O) groups is 2. The first-order chi connectivity index (χ1) is 17.8. The summed E-state index contributed by atoms with van der Waals surface area (Å²) in [7, 11) is 0. The number of aryl methyl sites for hydroxylation is 2. The molecule has 2 aromatic carbocycles. The summed E-state index contributed by atoms with van der Waals surface area (Å²) < 4.78 is 2.19. The zero-order valence-electron chi connectivity index (χ0n) is 21.7. The number of pyridine rings is 1. The molecule has 0 atom stereocenters. The molecule has 1 aliphatic heterocycles. The molecule has 0 aliphatic carbocycles. The molecule has 4 aromatic rings. The van der Waals surface area contributed by atoms with Gasteiger partial charge in [0.1, 0.15) is 5.65 Å². The standard InChI is InChI=1S/C30H33N5O2/c1-20-5-6-25(17-21(20)2)26-11-12-28-32-29(23-7-9-24(10-8-23)30(31)37)27(35(28)18-26)19-33-13-4-14-34(16-15-33)22(3)36/h5-12,17-18H,4,13-16,19H2,1-3H3,(H2,31,37). The number of amides is 2. The van der Waals surface area contributed by atoms with E-state index in [0.29, 0.717) is 12.1 Å². The van der Waals surface area contributed by atoms with E-state index in [4.69, 9.17) is 10.7 Å². The average molecular weight is 496 g/mol. The smallest absolute Gasteiger partial charge is 0.248 e. The van der Waals surface area contributed by atoms with Crippen LogP contribution in [0, 0.1) is 13.8 Å². The number of nitrogens with two attached hydrogens (primary N) is 1. The largest absolute Gasteiger partial charge is 0.366 e. The quantitative estimate of drug-likeness (QED) is 0.444. The first-order valence-corrected chi connectivity index (χ1v) is 12.8. The van der Waals surface area contributed by atoms with Crippen molar-refractivity contribution in [3.05, 3.63) is 83.2 Å². The lowest BCUT2D eigenvalue weighted by atomic mass is 10.0. The van der Waals surface area contributed by atoms with Crippen LogP contribution in [0.5, 0.6) is 0 Å². The fourth-order valence-corrected chi connectivity index (χ4v) is 5.02. The fraction of sp³-hybridized carbons (Fsp3) is 0.300. The maximum absolute atomic E-state index is 11.9.